The summed E-state index contributed by atoms with van der Waals surface area (Å²) >= 11 is 0. The van der Waals surface area contributed by atoms with E-state index in [9.17, 15) is 4.39 Å². The second-order valence-electron chi connectivity index (χ2n) is 4.34. The van der Waals surface area contributed by atoms with Crippen molar-refractivity contribution in [3.63, 3.8) is 0 Å². The van der Waals surface area contributed by atoms with Gasteiger partial charge in [0.05, 0.1) is 0 Å². The van der Waals surface area contributed by atoms with Gasteiger partial charge in [-0.05, 0) is 37.5 Å². The van der Waals surface area contributed by atoms with Gasteiger partial charge in [0, 0.05) is 12.1 Å². The number of rotatable bonds is 6. The summed E-state index contributed by atoms with van der Waals surface area (Å²) in [5, 5.41) is 3.54. The molecule has 2 atom stereocenters. The summed E-state index contributed by atoms with van der Waals surface area (Å²) in [6.07, 6.45) is 3.48. The summed E-state index contributed by atoms with van der Waals surface area (Å²) < 4.78 is 13.1. The molecule has 0 aliphatic carbocycles. The van der Waals surface area contributed by atoms with Crippen LogP contribution in [-0.4, -0.2) is 6.04 Å². The number of nitrogens with one attached hydrogen (secondary N) is 1. The molecule has 1 N–H and O–H groups in total. The van der Waals surface area contributed by atoms with E-state index in [4.69, 9.17) is 0 Å². The molecule has 1 rings (SSSR count). The first-order chi connectivity index (χ1) is 7.67. The van der Waals surface area contributed by atoms with E-state index < -0.39 is 0 Å². The van der Waals surface area contributed by atoms with Crippen molar-refractivity contribution in [2.75, 3.05) is 0 Å². The summed E-state index contributed by atoms with van der Waals surface area (Å²) in [7, 11) is 0. The maximum atomic E-state index is 13.1. The molecule has 1 aromatic carbocycles. The van der Waals surface area contributed by atoms with Crippen molar-refractivity contribution < 1.29 is 4.39 Å². The smallest absolute Gasteiger partial charge is 0.123 e. The number of halogens is 1. The van der Waals surface area contributed by atoms with Gasteiger partial charge in [0.1, 0.15) is 5.82 Å². The Labute approximate surface area is 98.1 Å². The second-order valence-corrected chi connectivity index (χ2v) is 4.34. The highest BCUT2D eigenvalue weighted by Crippen LogP contribution is 2.16. The third-order valence-electron chi connectivity index (χ3n) is 2.96. The zero-order valence-electron chi connectivity index (χ0n) is 10.5. The molecular formula is C14H22FN. The van der Waals surface area contributed by atoms with Gasteiger partial charge in [-0.1, -0.05) is 32.4 Å². The van der Waals surface area contributed by atoms with Crippen LogP contribution >= 0.6 is 0 Å². The molecule has 1 aromatic rings. The number of hydrogen-bond acceptors (Lipinski definition) is 1. The Bertz CT molecular complexity index is 311. The van der Waals surface area contributed by atoms with Crippen LogP contribution in [0.5, 0.6) is 0 Å². The van der Waals surface area contributed by atoms with E-state index in [1.54, 1.807) is 12.1 Å². The van der Waals surface area contributed by atoms with Crippen molar-refractivity contribution >= 4 is 0 Å². The standard InChI is InChI=1S/C14H22FN/c1-4-7-14(5-2)16-11(3)12-8-6-9-13(15)10-12/h6,8-11,14,16H,4-5,7H2,1-3H3/t11-,14?/m1/s1. The highest BCUT2D eigenvalue weighted by molar-refractivity contribution is 5.19. The molecule has 16 heavy (non-hydrogen) atoms. The molecule has 1 unspecified atom stereocenters. The minimum Gasteiger partial charge on any atom is -0.307 e. The van der Waals surface area contributed by atoms with Crippen LogP contribution in [0.25, 0.3) is 0 Å². The molecule has 0 amide bonds. The maximum Gasteiger partial charge on any atom is 0.123 e. The lowest BCUT2D eigenvalue weighted by Crippen LogP contribution is -2.30. The zero-order valence-corrected chi connectivity index (χ0v) is 10.5. The van der Waals surface area contributed by atoms with Crippen molar-refractivity contribution in [3.05, 3.63) is 35.6 Å². The van der Waals surface area contributed by atoms with Gasteiger partial charge in [-0.3, -0.25) is 0 Å². The minimum atomic E-state index is -0.158. The van der Waals surface area contributed by atoms with Crippen LogP contribution < -0.4 is 5.32 Å². The molecule has 0 radical (unpaired) electrons. The fourth-order valence-corrected chi connectivity index (χ4v) is 1.98. The van der Waals surface area contributed by atoms with Crippen LogP contribution in [0.2, 0.25) is 0 Å². The van der Waals surface area contributed by atoms with Crippen LogP contribution in [-0.2, 0) is 0 Å². The second kappa shape index (κ2) is 6.64. The molecule has 0 saturated carbocycles. The Kier molecular flexibility index (Phi) is 5.47. The number of benzene rings is 1. The Morgan fingerprint density at radius 1 is 1.31 bits per heavy atom. The van der Waals surface area contributed by atoms with Crippen molar-refractivity contribution in [1.82, 2.24) is 5.32 Å². The first-order valence-electron chi connectivity index (χ1n) is 6.18. The Balaban J connectivity index is 2.60. The van der Waals surface area contributed by atoms with E-state index in [0.717, 1.165) is 12.0 Å². The third-order valence-corrected chi connectivity index (χ3v) is 2.96. The van der Waals surface area contributed by atoms with Gasteiger partial charge >= 0.3 is 0 Å². The molecule has 0 aromatic heterocycles. The maximum absolute atomic E-state index is 13.1. The number of hydrogen-bond donors (Lipinski definition) is 1. The molecular weight excluding hydrogens is 201 g/mol. The molecule has 0 saturated heterocycles. The van der Waals surface area contributed by atoms with Crippen LogP contribution in [0.4, 0.5) is 4.39 Å². The van der Waals surface area contributed by atoms with Crippen molar-refractivity contribution in [3.8, 4) is 0 Å². The zero-order chi connectivity index (χ0) is 12.0. The van der Waals surface area contributed by atoms with Gasteiger partial charge in [-0.15, -0.1) is 0 Å². The Morgan fingerprint density at radius 2 is 2.06 bits per heavy atom. The SMILES string of the molecule is CCCC(CC)N[C@H](C)c1cccc(F)c1. The van der Waals surface area contributed by atoms with Gasteiger partial charge in [0.2, 0.25) is 0 Å². The highest BCUT2D eigenvalue weighted by Gasteiger charge is 2.11. The van der Waals surface area contributed by atoms with Crippen LogP contribution in [0.3, 0.4) is 0 Å². The van der Waals surface area contributed by atoms with Crippen molar-refractivity contribution in [2.24, 2.45) is 0 Å². The molecule has 1 nitrogen and oxygen atoms in total. The first kappa shape index (κ1) is 13.2. The van der Waals surface area contributed by atoms with E-state index in [-0.39, 0.29) is 11.9 Å². The third kappa shape index (κ3) is 3.93. The monoisotopic (exact) mass is 223 g/mol. The van der Waals surface area contributed by atoms with E-state index >= 15 is 0 Å². The average Bonchev–Trinajstić information content (AvgIpc) is 2.28. The Morgan fingerprint density at radius 3 is 2.62 bits per heavy atom. The van der Waals surface area contributed by atoms with E-state index in [1.807, 2.05) is 6.07 Å². The van der Waals surface area contributed by atoms with Gasteiger partial charge in [-0.25, -0.2) is 4.39 Å². The van der Waals surface area contributed by atoms with Crippen molar-refractivity contribution in [2.45, 2.75) is 52.1 Å². The molecule has 0 bridgehead atoms. The summed E-state index contributed by atoms with van der Waals surface area (Å²) in [4.78, 5) is 0. The Hall–Kier alpha value is -0.890. The molecule has 90 valence electrons. The van der Waals surface area contributed by atoms with E-state index in [1.165, 1.54) is 18.9 Å². The van der Waals surface area contributed by atoms with Gasteiger partial charge in [0.25, 0.3) is 0 Å². The molecule has 0 aliphatic heterocycles. The molecule has 2 heteroatoms. The van der Waals surface area contributed by atoms with Crippen molar-refractivity contribution in [1.29, 1.82) is 0 Å². The fourth-order valence-electron chi connectivity index (χ4n) is 1.98. The summed E-state index contributed by atoms with van der Waals surface area (Å²) in [5.74, 6) is -0.158. The molecule has 0 fully saturated rings. The average molecular weight is 223 g/mol. The minimum absolute atomic E-state index is 0.158. The molecule has 0 heterocycles. The van der Waals surface area contributed by atoms with Gasteiger partial charge < -0.3 is 5.32 Å². The molecule has 0 aliphatic rings. The lowest BCUT2D eigenvalue weighted by molar-refractivity contribution is 0.416. The van der Waals surface area contributed by atoms with Crippen LogP contribution in [0, 0.1) is 5.82 Å². The normalized spacial score (nSPS) is 14.8. The van der Waals surface area contributed by atoms with Crippen LogP contribution in [0.15, 0.2) is 24.3 Å². The topological polar surface area (TPSA) is 12.0 Å². The van der Waals surface area contributed by atoms with Gasteiger partial charge in [0.15, 0.2) is 0 Å². The van der Waals surface area contributed by atoms with Crippen LogP contribution in [0.1, 0.15) is 51.6 Å². The van der Waals surface area contributed by atoms with Gasteiger partial charge in [-0.2, -0.15) is 0 Å². The highest BCUT2D eigenvalue weighted by atomic mass is 19.1. The van der Waals surface area contributed by atoms with E-state index in [0.29, 0.717) is 6.04 Å². The fraction of sp³-hybridized carbons (Fsp3) is 0.571. The predicted octanol–water partition coefficient (Wildman–Crippen LogP) is 4.06. The lowest BCUT2D eigenvalue weighted by atomic mass is 10.0. The first-order valence-corrected chi connectivity index (χ1v) is 6.18. The summed E-state index contributed by atoms with van der Waals surface area (Å²) in [6, 6.07) is 7.58. The largest absolute Gasteiger partial charge is 0.307 e. The quantitative estimate of drug-likeness (QED) is 0.767. The lowest BCUT2D eigenvalue weighted by Gasteiger charge is -2.22. The predicted molar refractivity (Wildman–Crippen MR) is 66.9 cm³/mol. The summed E-state index contributed by atoms with van der Waals surface area (Å²) in [6.45, 7) is 6.47. The summed E-state index contributed by atoms with van der Waals surface area (Å²) in [5.41, 5.74) is 1.02. The molecule has 0 spiro atoms. The van der Waals surface area contributed by atoms with E-state index in [2.05, 4.69) is 26.1 Å².